The molecule has 0 aliphatic carbocycles. The quantitative estimate of drug-likeness (QED) is 0.479. The standard InChI is InChI=1S/C16H24O2Si/c1-12(15(17)18-16(2,3)4)13-8-10-14(11-9-13)19(5,6)7/h8-11H,1H2,2-7H3. The lowest BCUT2D eigenvalue weighted by atomic mass is 10.1. The summed E-state index contributed by atoms with van der Waals surface area (Å²) in [6.45, 7) is 16.3. The van der Waals surface area contributed by atoms with Gasteiger partial charge in [-0.15, -0.1) is 0 Å². The van der Waals surface area contributed by atoms with Gasteiger partial charge in [-0.05, 0) is 26.3 Å². The summed E-state index contributed by atoms with van der Waals surface area (Å²) in [5.41, 5.74) is 0.756. The van der Waals surface area contributed by atoms with Crippen LogP contribution in [0.3, 0.4) is 0 Å². The first kappa shape index (κ1) is 15.7. The van der Waals surface area contributed by atoms with Crippen LogP contribution in [0, 0.1) is 0 Å². The fourth-order valence-corrected chi connectivity index (χ4v) is 2.80. The van der Waals surface area contributed by atoms with Crippen LogP contribution in [0.4, 0.5) is 0 Å². The second kappa shape index (κ2) is 5.33. The van der Waals surface area contributed by atoms with Crippen molar-refractivity contribution in [3.63, 3.8) is 0 Å². The molecule has 0 unspecified atom stereocenters. The molecule has 3 heteroatoms. The third-order valence-corrected chi connectivity index (χ3v) is 4.81. The predicted molar refractivity (Wildman–Crippen MR) is 84.3 cm³/mol. The van der Waals surface area contributed by atoms with Crippen molar-refractivity contribution in [3.05, 3.63) is 36.4 Å². The third-order valence-electron chi connectivity index (χ3n) is 2.74. The van der Waals surface area contributed by atoms with E-state index in [-0.39, 0.29) is 5.97 Å². The smallest absolute Gasteiger partial charge is 0.338 e. The van der Waals surface area contributed by atoms with Gasteiger partial charge in [0.25, 0.3) is 0 Å². The van der Waals surface area contributed by atoms with Crippen LogP contribution in [-0.2, 0) is 9.53 Å². The summed E-state index contributed by atoms with van der Waals surface area (Å²) in [5.74, 6) is -0.353. The highest BCUT2D eigenvalue weighted by Crippen LogP contribution is 2.18. The Balaban J connectivity index is 2.87. The molecule has 0 N–H and O–H groups in total. The van der Waals surface area contributed by atoms with Crippen molar-refractivity contribution in [1.29, 1.82) is 0 Å². The molecule has 0 aromatic heterocycles. The van der Waals surface area contributed by atoms with Gasteiger partial charge >= 0.3 is 5.97 Å². The third kappa shape index (κ3) is 4.67. The molecule has 0 aliphatic heterocycles. The van der Waals surface area contributed by atoms with E-state index in [1.807, 2.05) is 32.9 Å². The molecule has 2 nitrogen and oxygen atoms in total. The van der Waals surface area contributed by atoms with Crippen LogP contribution in [0.5, 0.6) is 0 Å². The second-order valence-electron chi connectivity index (χ2n) is 6.81. The molecule has 1 aromatic carbocycles. The van der Waals surface area contributed by atoms with Gasteiger partial charge in [0.05, 0.1) is 13.6 Å². The van der Waals surface area contributed by atoms with Crippen molar-refractivity contribution in [1.82, 2.24) is 0 Å². The summed E-state index contributed by atoms with van der Waals surface area (Å²) >= 11 is 0. The van der Waals surface area contributed by atoms with E-state index in [9.17, 15) is 4.79 Å². The first-order valence-corrected chi connectivity index (χ1v) is 10.0. The summed E-state index contributed by atoms with van der Waals surface area (Å²) in [5, 5.41) is 1.37. The van der Waals surface area contributed by atoms with Crippen LogP contribution in [0.15, 0.2) is 30.8 Å². The van der Waals surface area contributed by atoms with E-state index in [2.05, 4.69) is 38.4 Å². The zero-order valence-electron chi connectivity index (χ0n) is 12.8. The van der Waals surface area contributed by atoms with Crippen molar-refractivity contribution in [2.24, 2.45) is 0 Å². The van der Waals surface area contributed by atoms with Gasteiger partial charge in [-0.2, -0.15) is 0 Å². The van der Waals surface area contributed by atoms with Gasteiger partial charge in [-0.3, -0.25) is 0 Å². The Hall–Kier alpha value is -1.35. The monoisotopic (exact) mass is 276 g/mol. The van der Waals surface area contributed by atoms with Crippen molar-refractivity contribution in [2.75, 3.05) is 0 Å². The molecule has 0 spiro atoms. The minimum Gasteiger partial charge on any atom is -0.456 e. The van der Waals surface area contributed by atoms with E-state index in [0.717, 1.165) is 5.56 Å². The number of carbonyl (C=O) groups excluding carboxylic acids is 1. The van der Waals surface area contributed by atoms with Crippen LogP contribution in [-0.4, -0.2) is 19.6 Å². The Morgan fingerprint density at radius 1 is 1.11 bits per heavy atom. The SMILES string of the molecule is C=C(C(=O)OC(C)(C)C)c1ccc([Si](C)(C)C)cc1. The van der Waals surface area contributed by atoms with Gasteiger partial charge in [0.1, 0.15) is 5.60 Å². The van der Waals surface area contributed by atoms with Gasteiger partial charge in [-0.25, -0.2) is 4.79 Å². The van der Waals surface area contributed by atoms with Crippen LogP contribution >= 0.6 is 0 Å². The number of esters is 1. The first-order chi connectivity index (χ1) is 8.50. The van der Waals surface area contributed by atoms with Crippen molar-refractivity contribution in [2.45, 2.75) is 46.0 Å². The highest BCUT2D eigenvalue weighted by Gasteiger charge is 2.20. The highest BCUT2D eigenvalue weighted by atomic mass is 28.3. The molecule has 0 amide bonds. The average Bonchev–Trinajstić information content (AvgIpc) is 2.24. The lowest BCUT2D eigenvalue weighted by molar-refractivity contribution is -0.147. The zero-order valence-corrected chi connectivity index (χ0v) is 13.8. The molecular formula is C16H24O2Si. The fourth-order valence-electron chi connectivity index (χ4n) is 1.63. The molecule has 0 heterocycles. The molecule has 0 radical (unpaired) electrons. The van der Waals surface area contributed by atoms with E-state index in [1.54, 1.807) is 0 Å². The topological polar surface area (TPSA) is 26.3 Å². The Morgan fingerprint density at radius 3 is 1.95 bits per heavy atom. The molecule has 0 atom stereocenters. The van der Waals surface area contributed by atoms with Gasteiger partial charge < -0.3 is 4.74 Å². The van der Waals surface area contributed by atoms with Crippen molar-refractivity contribution >= 4 is 24.8 Å². The predicted octanol–water partition coefficient (Wildman–Crippen LogP) is 3.59. The maximum atomic E-state index is 11.9. The summed E-state index contributed by atoms with van der Waals surface area (Å²) in [7, 11) is -1.30. The highest BCUT2D eigenvalue weighted by molar-refractivity contribution is 6.88. The number of benzene rings is 1. The first-order valence-electron chi connectivity index (χ1n) is 6.54. The summed E-state index contributed by atoms with van der Waals surface area (Å²) < 4.78 is 5.32. The van der Waals surface area contributed by atoms with Crippen LogP contribution in [0.1, 0.15) is 26.3 Å². The molecule has 0 fully saturated rings. The molecule has 104 valence electrons. The number of rotatable bonds is 3. The number of hydrogen-bond acceptors (Lipinski definition) is 2. The molecule has 1 rings (SSSR count). The molecule has 0 saturated carbocycles. The van der Waals surface area contributed by atoms with E-state index in [4.69, 9.17) is 4.74 Å². The summed E-state index contributed by atoms with van der Waals surface area (Å²) in [6, 6.07) is 8.11. The van der Waals surface area contributed by atoms with Gasteiger partial charge in [0, 0.05) is 0 Å². The molecule has 0 saturated heterocycles. The van der Waals surface area contributed by atoms with Crippen molar-refractivity contribution in [3.8, 4) is 0 Å². The van der Waals surface area contributed by atoms with E-state index >= 15 is 0 Å². The van der Waals surface area contributed by atoms with Crippen LogP contribution in [0.25, 0.3) is 5.57 Å². The van der Waals surface area contributed by atoms with Crippen molar-refractivity contribution < 1.29 is 9.53 Å². The molecule has 1 aromatic rings. The van der Waals surface area contributed by atoms with Gasteiger partial charge in [0.15, 0.2) is 0 Å². The van der Waals surface area contributed by atoms with Gasteiger partial charge in [0.2, 0.25) is 0 Å². The lowest BCUT2D eigenvalue weighted by Crippen LogP contribution is -2.37. The number of ether oxygens (including phenoxy) is 1. The average molecular weight is 276 g/mol. The van der Waals surface area contributed by atoms with E-state index in [0.29, 0.717) is 5.57 Å². The number of carbonyl (C=O) groups is 1. The maximum absolute atomic E-state index is 11.9. The Labute approximate surface area is 117 Å². The Bertz CT molecular complexity index is 473. The van der Waals surface area contributed by atoms with Gasteiger partial charge in [-0.1, -0.05) is 55.7 Å². The normalized spacial score (nSPS) is 12.1. The number of hydrogen-bond donors (Lipinski definition) is 0. The Morgan fingerprint density at radius 2 is 1.58 bits per heavy atom. The van der Waals surface area contributed by atoms with E-state index in [1.165, 1.54) is 5.19 Å². The molecule has 19 heavy (non-hydrogen) atoms. The summed E-state index contributed by atoms with van der Waals surface area (Å²) in [4.78, 5) is 11.9. The Kier molecular flexibility index (Phi) is 4.41. The molecule has 0 aliphatic rings. The largest absolute Gasteiger partial charge is 0.456 e. The summed E-state index contributed by atoms with van der Waals surface area (Å²) in [6.07, 6.45) is 0. The molecular weight excluding hydrogens is 252 g/mol. The fraction of sp³-hybridized carbons (Fsp3) is 0.438. The van der Waals surface area contributed by atoms with Crippen LogP contribution in [0.2, 0.25) is 19.6 Å². The minimum absolute atomic E-state index is 0.353. The maximum Gasteiger partial charge on any atom is 0.338 e. The molecule has 0 bridgehead atoms. The van der Waals surface area contributed by atoms with Crippen LogP contribution < -0.4 is 5.19 Å². The second-order valence-corrected chi connectivity index (χ2v) is 11.9. The zero-order chi connectivity index (χ0) is 14.8. The minimum atomic E-state index is -1.30. The van der Waals surface area contributed by atoms with E-state index < -0.39 is 13.7 Å². The lowest BCUT2D eigenvalue weighted by Gasteiger charge is -2.21.